The van der Waals surface area contributed by atoms with Crippen LogP contribution < -0.4 is 0 Å². The van der Waals surface area contributed by atoms with Gasteiger partial charge in [-0.1, -0.05) is 0 Å². The van der Waals surface area contributed by atoms with Gasteiger partial charge in [-0.25, -0.2) is 9.55 Å². The Morgan fingerprint density at radius 3 is 2.85 bits per heavy atom. The van der Waals surface area contributed by atoms with E-state index in [4.69, 9.17) is 0 Å². The van der Waals surface area contributed by atoms with E-state index in [9.17, 15) is 14.9 Å². The van der Waals surface area contributed by atoms with Crippen molar-refractivity contribution in [1.29, 1.82) is 0 Å². The minimum absolute atomic E-state index is 0.106. The largest absolute Gasteiger partial charge is 0.358 e. The molecule has 0 amide bonds. The lowest BCUT2D eigenvalue weighted by atomic mass is 10.5. The SMILES string of the molecule is Cn1c([N+](=O)[O-])cnc1C=CC=O. The summed E-state index contributed by atoms with van der Waals surface area (Å²) in [4.78, 5) is 23.5. The van der Waals surface area contributed by atoms with Crippen LogP contribution in [0.15, 0.2) is 12.3 Å². The molecule has 68 valence electrons. The van der Waals surface area contributed by atoms with E-state index in [1.165, 1.54) is 23.8 Å². The minimum Gasteiger partial charge on any atom is -0.358 e. The fraction of sp³-hybridized carbons (Fsp3) is 0.143. The Morgan fingerprint density at radius 1 is 1.69 bits per heavy atom. The third-order valence-electron chi connectivity index (χ3n) is 1.51. The number of aromatic nitrogens is 2. The van der Waals surface area contributed by atoms with Crippen LogP contribution in [0.25, 0.3) is 6.08 Å². The second kappa shape index (κ2) is 3.61. The van der Waals surface area contributed by atoms with Gasteiger partial charge in [-0.15, -0.1) is 0 Å². The van der Waals surface area contributed by atoms with Gasteiger partial charge in [-0.2, -0.15) is 0 Å². The number of allylic oxidation sites excluding steroid dienone is 1. The van der Waals surface area contributed by atoms with Crippen molar-refractivity contribution in [2.24, 2.45) is 7.05 Å². The van der Waals surface area contributed by atoms with E-state index < -0.39 is 4.92 Å². The molecule has 1 rings (SSSR count). The molecule has 1 aromatic heterocycles. The number of nitrogens with zero attached hydrogens (tertiary/aromatic N) is 3. The van der Waals surface area contributed by atoms with E-state index >= 15 is 0 Å². The fourth-order valence-electron chi connectivity index (χ4n) is 0.864. The van der Waals surface area contributed by atoms with Gasteiger partial charge in [0.15, 0.2) is 0 Å². The van der Waals surface area contributed by atoms with Crippen LogP contribution in [0, 0.1) is 10.1 Å². The van der Waals surface area contributed by atoms with Crippen molar-refractivity contribution in [3.63, 3.8) is 0 Å². The molecule has 0 aliphatic heterocycles. The number of aldehydes is 1. The van der Waals surface area contributed by atoms with Crippen molar-refractivity contribution in [2.75, 3.05) is 0 Å². The highest BCUT2D eigenvalue weighted by molar-refractivity contribution is 5.72. The maximum absolute atomic E-state index is 10.4. The van der Waals surface area contributed by atoms with Crippen molar-refractivity contribution >= 4 is 18.2 Å². The summed E-state index contributed by atoms with van der Waals surface area (Å²) in [6, 6.07) is 0. The summed E-state index contributed by atoms with van der Waals surface area (Å²) >= 11 is 0. The first-order valence-electron chi connectivity index (χ1n) is 3.44. The Hall–Kier alpha value is -1.98. The van der Waals surface area contributed by atoms with Crippen LogP contribution in [0.1, 0.15) is 5.82 Å². The van der Waals surface area contributed by atoms with Crippen LogP contribution in [0.2, 0.25) is 0 Å². The third kappa shape index (κ3) is 1.78. The molecule has 0 fully saturated rings. The van der Waals surface area contributed by atoms with Crippen LogP contribution in [0.4, 0.5) is 5.82 Å². The Kier molecular flexibility index (Phi) is 2.53. The molecule has 0 bridgehead atoms. The molecule has 13 heavy (non-hydrogen) atoms. The van der Waals surface area contributed by atoms with E-state index in [-0.39, 0.29) is 5.82 Å². The molecule has 6 nitrogen and oxygen atoms in total. The number of hydrogen-bond donors (Lipinski definition) is 0. The molecule has 0 unspecified atom stereocenters. The zero-order chi connectivity index (χ0) is 9.84. The van der Waals surface area contributed by atoms with E-state index in [0.717, 1.165) is 6.20 Å². The average Bonchev–Trinajstić information content (AvgIpc) is 2.43. The van der Waals surface area contributed by atoms with E-state index in [0.29, 0.717) is 12.1 Å². The first kappa shape index (κ1) is 9.11. The number of carbonyl (C=O) groups is 1. The highest BCUT2D eigenvalue weighted by atomic mass is 16.6. The standard InChI is InChI=1S/C7H7N3O3/c1-9-6(3-2-4-11)8-5-7(9)10(12)13/h2-5H,1H3. The van der Waals surface area contributed by atoms with Crippen LogP contribution in [0.5, 0.6) is 0 Å². The van der Waals surface area contributed by atoms with Crippen molar-refractivity contribution in [3.8, 4) is 0 Å². The van der Waals surface area contributed by atoms with Gasteiger partial charge >= 0.3 is 5.82 Å². The molecular formula is C7H7N3O3. The predicted octanol–water partition coefficient (Wildman–Crippen LogP) is 0.540. The molecule has 0 aliphatic rings. The normalized spacial score (nSPS) is 10.5. The topological polar surface area (TPSA) is 78.0 Å². The summed E-state index contributed by atoms with van der Waals surface area (Å²) < 4.78 is 1.29. The number of imidazole rings is 1. The molecule has 0 saturated carbocycles. The van der Waals surface area contributed by atoms with E-state index in [1.54, 1.807) is 0 Å². The molecule has 0 radical (unpaired) electrons. The first-order chi connectivity index (χ1) is 6.16. The Balaban J connectivity index is 3.06. The molecule has 0 aromatic carbocycles. The van der Waals surface area contributed by atoms with Gasteiger partial charge in [0.2, 0.25) is 5.82 Å². The fourth-order valence-corrected chi connectivity index (χ4v) is 0.864. The number of hydrogen-bond acceptors (Lipinski definition) is 4. The van der Waals surface area contributed by atoms with Crippen LogP contribution in [0.3, 0.4) is 0 Å². The van der Waals surface area contributed by atoms with Crippen molar-refractivity contribution in [1.82, 2.24) is 9.55 Å². The van der Waals surface area contributed by atoms with Gasteiger partial charge in [0.1, 0.15) is 12.5 Å². The lowest BCUT2D eigenvalue weighted by Gasteiger charge is -1.93. The van der Waals surface area contributed by atoms with Crippen LogP contribution in [-0.2, 0) is 11.8 Å². The van der Waals surface area contributed by atoms with Gasteiger partial charge in [-0.3, -0.25) is 4.79 Å². The molecule has 0 saturated heterocycles. The summed E-state index contributed by atoms with van der Waals surface area (Å²) in [7, 11) is 1.51. The summed E-state index contributed by atoms with van der Waals surface area (Å²) in [5, 5.41) is 10.4. The number of nitro groups is 1. The molecule has 1 heterocycles. The van der Waals surface area contributed by atoms with Crippen molar-refractivity contribution in [2.45, 2.75) is 0 Å². The lowest BCUT2D eigenvalue weighted by molar-refractivity contribution is -0.391. The van der Waals surface area contributed by atoms with Gasteiger partial charge in [0.05, 0.1) is 7.05 Å². The molecule has 0 spiro atoms. The van der Waals surface area contributed by atoms with Gasteiger partial charge in [-0.05, 0) is 11.0 Å². The smallest absolute Gasteiger partial charge is 0.342 e. The minimum atomic E-state index is -0.536. The predicted molar refractivity (Wildman–Crippen MR) is 45.0 cm³/mol. The van der Waals surface area contributed by atoms with E-state index in [1.807, 2.05) is 0 Å². The number of rotatable bonds is 3. The molecule has 0 N–H and O–H groups in total. The molecule has 6 heteroatoms. The monoisotopic (exact) mass is 181 g/mol. The Bertz CT molecular complexity index is 367. The highest BCUT2D eigenvalue weighted by Gasteiger charge is 2.13. The maximum Gasteiger partial charge on any atom is 0.342 e. The summed E-state index contributed by atoms with van der Waals surface area (Å²) in [6.45, 7) is 0. The Morgan fingerprint density at radius 2 is 2.38 bits per heavy atom. The second-order valence-electron chi connectivity index (χ2n) is 2.29. The first-order valence-corrected chi connectivity index (χ1v) is 3.44. The maximum atomic E-state index is 10.4. The van der Waals surface area contributed by atoms with Gasteiger partial charge in [0.25, 0.3) is 0 Å². The molecule has 0 aliphatic carbocycles. The number of carbonyl (C=O) groups excluding carboxylic acids is 1. The second-order valence-corrected chi connectivity index (χ2v) is 2.29. The zero-order valence-corrected chi connectivity index (χ0v) is 6.88. The third-order valence-corrected chi connectivity index (χ3v) is 1.51. The van der Waals surface area contributed by atoms with Crippen molar-refractivity contribution in [3.05, 3.63) is 28.2 Å². The summed E-state index contributed by atoms with van der Waals surface area (Å²) in [5.41, 5.74) is 0. The van der Waals surface area contributed by atoms with E-state index in [2.05, 4.69) is 4.98 Å². The van der Waals surface area contributed by atoms with Crippen molar-refractivity contribution < 1.29 is 9.72 Å². The van der Waals surface area contributed by atoms with Gasteiger partial charge < -0.3 is 10.1 Å². The molecule has 1 aromatic rings. The molecule has 0 atom stereocenters. The average molecular weight is 181 g/mol. The van der Waals surface area contributed by atoms with Gasteiger partial charge in [0, 0.05) is 6.08 Å². The summed E-state index contributed by atoms with van der Waals surface area (Å²) in [6.07, 6.45) is 4.36. The molecular weight excluding hydrogens is 174 g/mol. The zero-order valence-electron chi connectivity index (χ0n) is 6.88. The van der Waals surface area contributed by atoms with Crippen LogP contribution >= 0.6 is 0 Å². The van der Waals surface area contributed by atoms with Crippen LogP contribution in [-0.4, -0.2) is 20.8 Å². The lowest BCUT2D eigenvalue weighted by Crippen LogP contribution is -1.98. The highest BCUT2D eigenvalue weighted by Crippen LogP contribution is 2.11. The Labute approximate surface area is 73.7 Å². The summed E-state index contributed by atoms with van der Waals surface area (Å²) in [5.74, 6) is 0.268. The quantitative estimate of drug-likeness (QED) is 0.295.